The van der Waals surface area contributed by atoms with Crippen LogP contribution in [0.2, 0.25) is 0 Å². The molecule has 4 aliphatic rings. The molecule has 0 radical (unpaired) electrons. The molecule has 0 saturated carbocycles. The smallest absolute Gasteiger partial charge is 0.321 e. The van der Waals surface area contributed by atoms with Crippen molar-refractivity contribution in [1.29, 1.82) is 0 Å². The number of nitrogens with one attached hydrogen (secondary N) is 1. The van der Waals surface area contributed by atoms with Gasteiger partial charge in [0.15, 0.2) is 11.5 Å². The molecule has 3 fully saturated rings. The van der Waals surface area contributed by atoms with Crippen LogP contribution in [0.25, 0.3) is 0 Å². The molecule has 0 aromatic heterocycles. The lowest BCUT2D eigenvalue weighted by molar-refractivity contribution is -0.143. The van der Waals surface area contributed by atoms with Crippen LogP contribution >= 0.6 is 0 Å². The number of urea groups is 1. The van der Waals surface area contributed by atoms with E-state index in [-0.39, 0.29) is 17.5 Å². The summed E-state index contributed by atoms with van der Waals surface area (Å²) >= 11 is 0. The fourth-order valence-corrected chi connectivity index (χ4v) is 5.28. The maximum atomic E-state index is 12.8. The van der Waals surface area contributed by atoms with Gasteiger partial charge in [-0.05, 0) is 43.7 Å². The molecule has 3 saturated heterocycles. The van der Waals surface area contributed by atoms with Crippen molar-refractivity contribution in [3.05, 3.63) is 18.2 Å². The Kier molecular flexibility index (Phi) is 6.59. The highest BCUT2D eigenvalue weighted by Gasteiger charge is 2.42. The first kappa shape index (κ1) is 22.3. The highest BCUT2D eigenvalue weighted by Crippen LogP contribution is 2.39. The molecule has 33 heavy (non-hydrogen) atoms. The summed E-state index contributed by atoms with van der Waals surface area (Å²) in [6.07, 6.45) is 3.99. The Morgan fingerprint density at radius 3 is 2.48 bits per heavy atom. The second-order valence-corrected chi connectivity index (χ2v) is 9.36. The van der Waals surface area contributed by atoms with Crippen molar-refractivity contribution < 1.29 is 28.5 Å². The average Bonchev–Trinajstić information content (AvgIpc) is 2.85. The van der Waals surface area contributed by atoms with E-state index < -0.39 is 0 Å². The minimum absolute atomic E-state index is 0.114. The monoisotopic (exact) mass is 459 g/mol. The third-order valence-electron chi connectivity index (χ3n) is 7.18. The van der Waals surface area contributed by atoms with Crippen LogP contribution in [-0.4, -0.2) is 86.6 Å². The lowest BCUT2D eigenvalue weighted by Gasteiger charge is -2.46. The van der Waals surface area contributed by atoms with Gasteiger partial charge in [0, 0.05) is 51.0 Å². The molecule has 3 amide bonds. The molecule has 4 aliphatic heterocycles. The highest BCUT2D eigenvalue weighted by molar-refractivity contribution is 5.89. The quantitative estimate of drug-likeness (QED) is 0.747. The van der Waals surface area contributed by atoms with Crippen LogP contribution in [0.15, 0.2) is 18.2 Å². The zero-order chi connectivity index (χ0) is 22.7. The van der Waals surface area contributed by atoms with Gasteiger partial charge in [0.25, 0.3) is 0 Å². The summed E-state index contributed by atoms with van der Waals surface area (Å²) in [6.45, 7) is 5.67. The predicted molar refractivity (Wildman–Crippen MR) is 121 cm³/mol. The van der Waals surface area contributed by atoms with Crippen molar-refractivity contribution in [3.8, 4) is 11.5 Å². The number of amides is 3. The molecule has 9 heteroatoms. The van der Waals surface area contributed by atoms with Crippen LogP contribution in [0.1, 0.15) is 32.1 Å². The Bertz CT molecular complexity index is 864. The summed E-state index contributed by atoms with van der Waals surface area (Å²) in [6, 6.07) is 5.34. The number of fused-ring (bicyclic) bond motifs is 1. The number of hydrogen-bond acceptors (Lipinski definition) is 6. The van der Waals surface area contributed by atoms with Crippen molar-refractivity contribution in [1.82, 2.24) is 9.80 Å². The van der Waals surface area contributed by atoms with E-state index in [1.165, 1.54) is 0 Å². The number of carbonyl (C=O) groups is 2. The topological polar surface area (TPSA) is 89.6 Å². The number of hydrogen-bond donors (Lipinski definition) is 1. The Morgan fingerprint density at radius 1 is 0.939 bits per heavy atom. The molecule has 4 heterocycles. The molecule has 1 spiro atoms. The van der Waals surface area contributed by atoms with Crippen molar-refractivity contribution in [2.45, 2.75) is 37.7 Å². The normalized spacial score (nSPS) is 24.4. The number of nitrogens with zero attached hydrogens (tertiary/aromatic N) is 2. The summed E-state index contributed by atoms with van der Waals surface area (Å²) in [5, 5.41) is 2.97. The van der Waals surface area contributed by atoms with Gasteiger partial charge in [0.1, 0.15) is 13.2 Å². The Hall–Kier alpha value is -2.52. The largest absolute Gasteiger partial charge is 0.486 e. The summed E-state index contributed by atoms with van der Waals surface area (Å²) in [7, 11) is 0. The lowest BCUT2D eigenvalue weighted by atomic mass is 9.78. The van der Waals surface area contributed by atoms with Gasteiger partial charge in [-0.1, -0.05) is 0 Å². The molecule has 5 rings (SSSR count). The molecule has 1 N–H and O–H groups in total. The third-order valence-corrected chi connectivity index (χ3v) is 7.18. The van der Waals surface area contributed by atoms with Gasteiger partial charge >= 0.3 is 6.03 Å². The molecule has 1 atom stereocenters. The number of morpholine rings is 1. The molecular formula is C24H33N3O6. The zero-order valence-electron chi connectivity index (χ0n) is 19.1. The highest BCUT2D eigenvalue weighted by atomic mass is 16.6. The van der Waals surface area contributed by atoms with E-state index in [1.807, 2.05) is 21.9 Å². The van der Waals surface area contributed by atoms with Gasteiger partial charge in [0.05, 0.1) is 18.8 Å². The molecule has 0 bridgehead atoms. The number of piperidine rings is 1. The molecule has 1 aromatic rings. The van der Waals surface area contributed by atoms with Gasteiger partial charge in [-0.2, -0.15) is 0 Å². The van der Waals surface area contributed by atoms with Crippen LogP contribution in [0.3, 0.4) is 0 Å². The zero-order valence-corrected chi connectivity index (χ0v) is 19.1. The molecule has 180 valence electrons. The first-order valence-electron chi connectivity index (χ1n) is 12.1. The van der Waals surface area contributed by atoms with E-state index in [2.05, 4.69) is 5.32 Å². The number of likely N-dealkylation sites (tertiary alicyclic amines) is 1. The van der Waals surface area contributed by atoms with E-state index in [0.29, 0.717) is 88.7 Å². The van der Waals surface area contributed by atoms with Crippen molar-refractivity contribution in [2.75, 3.05) is 64.5 Å². The third kappa shape index (κ3) is 5.19. The van der Waals surface area contributed by atoms with E-state index in [1.54, 1.807) is 6.07 Å². The van der Waals surface area contributed by atoms with Crippen LogP contribution in [0.4, 0.5) is 10.5 Å². The first-order valence-corrected chi connectivity index (χ1v) is 12.1. The van der Waals surface area contributed by atoms with Crippen LogP contribution in [-0.2, 0) is 14.3 Å². The molecule has 1 unspecified atom stereocenters. The van der Waals surface area contributed by atoms with Gasteiger partial charge in [-0.15, -0.1) is 0 Å². The lowest BCUT2D eigenvalue weighted by Crippen LogP contribution is -2.52. The second kappa shape index (κ2) is 9.77. The van der Waals surface area contributed by atoms with E-state index in [0.717, 1.165) is 25.7 Å². The second-order valence-electron chi connectivity index (χ2n) is 9.36. The van der Waals surface area contributed by atoms with Gasteiger partial charge in [0.2, 0.25) is 5.91 Å². The minimum Gasteiger partial charge on any atom is -0.486 e. The standard InChI is InChI=1S/C24H33N3O6/c28-22(26-8-11-30-12-9-26)15-18-3-10-33-24(17-18)4-6-27(7-5-24)23(29)25-19-1-2-20-21(16-19)32-14-13-31-20/h1-2,16,18H,3-15,17H2,(H,25,29). The molecule has 1 aromatic carbocycles. The number of carbonyl (C=O) groups excluding carboxylic acids is 2. The number of anilines is 1. The van der Waals surface area contributed by atoms with Gasteiger partial charge in [-0.3, -0.25) is 4.79 Å². The Labute approximate surface area is 194 Å². The van der Waals surface area contributed by atoms with Crippen molar-refractivity contribution in [2.24, 2.45) is 5.92 Å². The Morgan fingerprint density at radius 2 is 1.70 bits per heavy atom. The molecular weight excluding hydrogens is 426 g/mol. The predicted octanol–water partition coefficient (Wildman–Crippen LogP) is 2.50. The average molecular weight is 460 g/mol. The fraction of sp³-hybridized carbons (Fsp3) is 0.667. The van der Waals surface area contributed by atoms with Crippen LogP contribution < -0.4 is 14.8 Å². The Balaban J connectivity index is 1.12. The number of ether oxygens (including phenoxy) is 4. The van der Waals surface area contributed by atoms with Gasteiger partial charge in [-0.25, -0.2) is 4.79 Å². The molecule has 9 nitrogen and oxygen atoms in total. The van der Waals surface area contributed by atoms with E-state index >= 15 is 0 Å². The van der Waals surface area contributed by atoms with Crippen molar-refractivity contribution in [3.63, 3.8) is 0 Å². The summed E-state index contributed by atoms with van der Waals surface area (Å²) < 4.78 is 22.7. The van der Waals surface area contributed by atoms with Gasteiger partial charge < -0.3 is 34.1 Å². The SMILES string of the molecule is O=C(CC1CCOC2(CCN(C(=O)Nc3ccc4c(c3)OCCO4)CC2)C1)N1CCOCC1. The van der Waals surface area contributed by atoms with E-state index in [4.69, 9.17) is 18.9 Å². The first-order chi connectivity index (χ1) is 16.1. The summed E-state index contributed by atoms with van der Waals surface area (Å²) in [5.41, 5.74) is 0.474. The van der Waals surface area contributed by atoms with Crippen LogP contribution in [0.5, 0.6) is 11.5 Å². The number of rotatable bonds is 3. The number of benzene rings is 1. The minimum atomic E-state index is -0.220. The summed E-state index contributed by atoms with van der Waals surface area (Å²) in [5.74, 6) is 1.93. The van der Waals surface area contributed by atoms with Crippen molar-refractivity contribution >= 4 is 17.6 Å². The van der Waals surface area contributed by atoms with E-state index in [9.17, 15) is 9.59 Å². The maximum absolute atomic E-state index is 12.8. The molecule has 0 aliphatic carbocycles. The maximum Gasteiger partial charge on any atom is 0.321 e. The summed E-state index contributed by atoms with van der Waals surface area (Å²) in [4.78, 5) is 29.3. The fourth-order valence-electron chi connectivity index (χ4n) is 5.28. The van der Waals surface area contributed by atoms with Crippen LogP contribution in [0, 0.1) is 5.92 Å².